The number of nitrogens with two attached hydrogens (primary N) is 1. The highest BCUT2D eigenvalue weighted by Gasteiger charge is 2.11. The van der Waals surface area contributed by atoms with Gasteiger partial charge in [-0.3, -0.25) is 4.68 Å². The predicted molar refractivity (Wildman–Crippen MR) is 67.9 cm³/mol. The summed E-state index contributed by atoms with van der Waals surface area (Å²) in [5, 5.41) is 4.14. The monoisotopic (exact) mass is 263 g/mol. The van der Waals surface area contributed by atoms with Crippen molar-refractivity contribution >= 4 is 11.7 Å². The van der Waals surface area contributed by atoms with Crippen molar-refractivity contribution in [2.45, 2.75) is 13.5 Å². The Labute approximate surface area is 109 Å². The highest BCUT2D eigenvalue weighted by molar-refractivity contribution is 5.90. The van der Waals surface area contributed by atoms with Crippen LogP contribution in [0.3, 0.4) is 0 Å². The Morgan fingerprint density at radius 1 is 1.47 bits per heavy atom. The molecule has 0 saturated carbocycles. The average Bonchev–Trinajstić information content (AvgIpc) is 2.68. The number of ether oxygens (including phenoxy) is 1. The van der Waals surface area contributed by atoms with E-state index in [0.717, 1.165) is 17.5 Å². The van der Waals surface area contributed by atoms with E-state index in [1.807, 2.05) is 13.0 Å². The van der Waals surface area contributed by atoms with Crippen LogP contribution in [0, 0.1) is 12.7 Å². The van der Waals surface area contributed by atoms with E-state index < -0.39 is 11.8 Å². The van der Waals surface area contributed by atoms with Crippen LogP contribution in [0.2, 0.25) is 0 Å². The number of nitrogen functional groups attached to an aromatic ring is 1. The molecule has 6 heteroatoms. The maximum Gasteiger partial charge on any atom is 0.338 e. The van der Waals surface area contributed by atoms with Crippen molar-refractivity contribution in [1.29, 1.82) is 0 Å². The Bertz CT molecular complexity index is 622. The van der Waals surface area contributed by atoms with E-state index in [1.165, 1.54) is 12.1 Å². The van der Waals surface area contributed by atoms with Gasteiger partial charge in [-0.1, -0.05) is 0 Å². The third kappa shape index (κ3) is 2.90. The van der Waals surface area contributed by atoms with Gasteiger partial charge < -0.3 is 10.5 Å². The number of carbonyl (C=O) groups excluding carboxylic acids is 1. The number of benzene rings is 1. The van der Waals surface area contributed by atoms with Crippen LogP contribution in [0.1, 0.15) is 21.7 Å². The van der Waals surface area contributed by atoms with Crippen molar-refractivity contribution in [1.82, 2.24) is 9.78 Å². The topological polar surface area (TPSA) is 70.1 Å². The third-order valence-electron chi connectivity index (χ3n) is 2.68. The van der Waals surface area contributed by atoms with E-state index in [2.05, 4.69) is 5.10 Å². The van der Waals surface area contributed by atoms with Crippen molar-refractivity contribution in [3.63, 3.8) is 0 Å². The molecule has 0 aliphatic rings. The van der Waals surface area contributed by atoms with Gasteiger partial charge in [0, 0.05) is 7.05 Å². The number of carbonyl (C=O) groups is 1. The summed E-state index contributed by atoms with van der Waals surface area (Å²) in [5.41, 5.74) is 7.16. The third-order valence-corrected chi connectivity index (χ3v) is 2.68. The molecule has 5 nitrogen and oxygen atoms in total. The lowest BCUT2D eigenvalue weighted by atomic mass is 10.2. The van der Waals surface area contributed by atoms with Gasteiger partial charge in [0.1, 0.15) is 12.4 Å². The van der Waals surface area contributed by atoms with Gasteiger partial charge in [0.05, 0.1) is 22.6 Å². The molecular formula is C13H14FN3O2. The summed E-state index contributed by atoms with van der Waals surface area (Å²) in [6, 6.07) is 5.56. The van der Waals surface area contributed by atoms with Crippen molar-refractivity contribution in [3.05, 3.63) is 47.0 Å². The molecule has 1 aromatic carbocycles. The number of anilines is 1. The normalized spacial score (nSPS) is 10.5. The molecule has 0 aliphatic carbocycles. The summed E-state index contributed by atoms with van der Waals surface area (Å²) in [6.45, 7) is 1.96. The van der Waals surface area contributed by atoms with E-state index >= 15 is 0 Å². The minimum Gasteiger partial charge on any atom is -0.456 e. The Hall–Kier alpha value is -2.37. The van der Waals surface area contributed by atoms with E-state index in [9.17, 15) is 9.18 Å². The molecule has 2 rings (SSSR count). The van der Waals surface area contributed by atoms with Crippen molar-refractivity contribution in [2.24, 2.45) is 7.05 Å². The summed E-state index contributed by atoms with van der Waals surface area (Å²) in [4.78, 5) is 11.8. The zero-order valence-electron chi connectivity index (χ0n) is 10.7. The zero-order chi connectivity index (χ0) is 14.0. The Kier molecular flexibility index (Phi) is 3.50. The molecule has 19 heavy (non-hydrogen) atoms. The van der Waals surface area contributed by atoms with Crippen molar-refractivity contribution in [2.75, 3.05) is 5.73 Å². The van der Waals surface area contributed by atoms with Crippen molar-refractivity contribution < 1.29 is 13.9 Å². The first kappa shape index (κ1) is 13.1. The second kappa shape index (κ2) is 5.09. The molecule has 1 heterocycles. The number of esters is 1. The fraction of sp³-hybridized carbons (Fsp3) is 0.231. The van der Waals surface area contributed by atoms with Gasteiger partial charge in [0.25, 0.3) is 0 Å². The lowest BCUT2D eigenvalue weighted by Crippen LogP contribution is -2.08. The van der Waals surface area contributed by atoms with Gasteiger partial charge >= 0.3 is 5.97 Å². The summed E-state index contributed by atoms with van der Waals surface area (Å²) < 4.78 is 19.7. The molecule has 0 amide bonds. The second-order valence-electron chi connectivity index (χ2n) is 4.21. The Balaban J connectivity index is 2.05. The molecule has 0 unspecified atom stereocenters. The number of aromatic nitrogens is 2. The summed E-state index contributed by atoms with van der Waals surface area (Å²) in [7, 11) is 1.77. The van der Waals surface area contributed by atoms with Gasteiger partial charge in [-0.2, -0.15) is 5.10 Å². The highest BCUT2D eigenvalue weighted by atomic mass is 19.1. The zero-order valence-corrected chi connectivity index (χ0v) is 10.7. The maximum atomic E-state index is 13.0. The lowest BCUT2D eigenvalue weighted by molar-refractivity contribution is 0.0463. The van der Waals surface area contributed by atoms with Gasteiger partial charge in [-0.25, -0.2) is 9.18 Å². The predicted octanol–water partition coefficient (Wildman–Crippen LogP) is 1.81. The van der Waals surface area contributed by atoms with Crippen LogP contribution in [-0.2, 0) is 18.4 Å². The first-order valence-corrected chi connectivity index (χ1v) is 5.69. The molecule has 2 aromatic rings. The minimum atomic E-state index is -0.557. The van der Waals surface area contributed by atoms with Crippen molar-refractivity contribution in [3.8, 4) is 0 Å². The van der Waals surface area contributed by atoms with Crippen LogP contribution in [0.25, 0.3) is 0 Å². The number of halogens is 1. The van der Waals surface area contributed by atoms with Gasteiger partial charge in [-0.05, 0) is 31.2 Å². The van der Waals surface area contributed by atoms with Gasteiger partial charge in [0.2, 0.25) is 0 Å². The molecule has 0 fully saturated rings. The molecular weight excluding hydrogens is 249 g/mol. The van der Waals surface area contributed by atoms with Crippen LogP contribution in [0.4, 0.5) is 10.1 Å². The SMILES string of the molecule is Cc1cc(COC(=O)c2ccc(F)c(N)c2)n(C)n1. The molecule has 0 radical (unpaired) electrons. The number of nitrogens with zero attached hydrogens (tertiary/aromatic N) is 2. The molecule has 2 N–H and O–H groups in total. The molecule has 0 saturated heterocycles. The fourth-order valence-electron chi connectivity index (χ4n) is 1.69. The maximum absolute atomic E-state index is 13.0. The quantitative estimate of drug-likeness (QED) is 0.677. The minimum absolute atomic E-state index is 0.0779. The van der Waals surface area contributed by atoms with E-state index in [0.29, 0.717) is 0 Å². The summed E-state index contributed by atoms with van der Waals surface area (Å²) >= 11 is 0. The Morgan fingerprint density at radius 2 is 2.21 bits per heavy atom. The first-order valence-electron chi connectivity index (χ1n) is 5.69. The summed E-state index contributed by atoms with van der Waals surface area (Å²) in [6.07, 6.45) is 0. The average molecular weight is 263 g/mol. The van der Waals surface area contributed by atoms with Gasteiger partial charge in [0.15, 0.2) is 0 Å². The van der Waals surface area contributed by atoms with Crippen LogP contribution in [0.15, 0.2) is 24.3 Å². The molecule has 0 spiro atoms. The molecule has 0 atom stereocenters. The largest absolute Gasteiger partial charge is 0.456 e. The first-order chi connectivity index (χ1) is 8.97. The van der Waals surface area contributed by atoms with E-state index in [1.54, 1.807) is 11.7 Å². The van der Waals surface area contributed by atoms with Crippen LogP contribution in [0.5, 0.6) is 0 Å². The number of hydrogen-bond acceptors (Lipinski definition) is 4. The Morgan fingerprint density at radius 3 is 2.79 bits per heavy atom. The standard InChI is InChI=1S/C13H14FN3O2/c1-8-5-10(17(2)16-8)7-19-13(18)9-3-4-11(14)12(15)6-9/h3-6H,7,15H2,1-2H3. The van der Waals surface area contributed by atoms with Crippen LogP contribution in [-0.4, -0.2) is 15.7 Å². The van der Waals surface area contributed by atoms with Gasteiger partial charge in [-0.15, -0.1) is 0 Å². The van der Waals surface area contributed by atoms with E-state index in [4.69, 9.17) is 10.5 Å². The number of aryl methyl sites for hydroxylation is 2. The lowest BCUT2D eigenvalue weighted by Gasteiger charge is -2.06. The molecule has 0 bridgehead atoms. The van der Waals surface area contributed by atoms with E-state index in [-0.39, 0.29) is 17.9 Å². The molecule has 100 valence electrons. The summed E-state index contributed by atoms with van der Waals surface area (Å²) in [5.74, 6) is -1.11. The smallest absolute Gasteiger partial charge is 0.338 e. The highest BCUT2D eigenvalue weighted by Crippen LogP contribution is 2.14. The fourth-order valence-corrected chi connectivity index (χ4v) is 1.69. The van der Waals surface area contributed by atoms with Crippen LogP contribution >= 0.6 is 0 Å². The molecule has 1 aromatic heterocycles. The molecule has 0 aliphatic heterocycles. The number of hydrogen-bond donors (Lipinski definition) is 1. The van der Waals surface area contributed by atoms with Crippen LogP contribution < -0.4 is 5.73 Å². The number of rotatable bonds is 3. The second-order valence-corrected chi connectivity index (χ2v) is 4.21.